The van der Waals surface area contributed by atoms with Gasteiger partial charge in [-0.2, -0.15) is 4.37 Å². The summed E-state index contributed by atoms with van der Waals surface area (Å²) in [5, 5.41) is 2.27. The quantitative estimate of drug-likeness (QED) is 0.870. The zero-order valence-electron chi connectivity index (χ0n) is 12.4. The van der Waals surface area contributed by atoms with E-state index < -0.39 is 0 Å². The van der Waals surface area contributed by atoms with Gasteiger partial charge in [-0.1, -0.05) is 0 Å². The highest BCUT2D eigenvalue weighted by Crippen LogP contribution is 2.39. The summed E-state index contributed by atoms with van der Waals surface area (Å²) in [6.07, 6.45) is 2.54. The van der Waals surface area contributed by atoms with E-state index >= 15 is 0 Å². The van der Waals surface area contributed by atoms with Gasteiger partial charge in [-0.3, -0.25) is 0 Å². The van der Waals surface area contributed by atoms with Crippen LogP contribution in [0, 0.1) is 13.8 Å². The average Bonchev–Trinajstić information content (AvgIpc) is 3.14. The van der Waals surface area contributed by atoms with Gasteiger partial charge in [0.1, 0.15) is 5.82 Å². The number of hydrogen-bond acceptors (Lipinski definition) is 7. The number of rotatable bonds is 3. The fourth-order valence-electron chi connectivity index (χ4n) is 2.54. The van der Waals surface area contributed by atoms with Gasteiger partial charge in [-0.25, -0.2) is 9.97 Å². The lowest BCUT2D eigenvalue weighted by Gasteiger charge is -2.34. The molecule has 3 heterocycles. The molecule has 21 heavy (non-hydrogen) atoms. The van der Waals surface area contributed by atoms with Crippen molar-refractivity contribution in [2.45, 2.75) is 32.6 Å². The van der Waals surface area contributed by atoms with Crippen molar-refractivity contribution in [1.29, 1.82) is 0 Å². The van der Waals surface area contributed by atoms with Crippen LogP contribution in [0.1, 0.15) is 35.2 Å². The van der Waals surface area contributed by atoms with E-state index in [1.165, 1.54) is 22.9 Å². The molecule has 0 bridgehead atoms. The SMILES string of the molecule is Cc1nc(N2CCN(c3nc(C4CC4)ns3)CC2)sc1C. The Hall–Kier alpha value is -1.21. The van der Waals surface area contributed by atoms with Gasteiger partial charge in [0.2, 0.25) is 5.13 Å². The first-order valence-electron chi connectivity index (χ1n) is 7.48. The molecule has 4 rings (SSSR count). The molecule has 1 aliphatic carbocycles. The molecule has 0 atom stereocenters. The van der Waals surface area contributed by atoms with Gasteiger partial charge in [-0.05, 0) is 26.7 Å². The molecule has 0 unspecified atom stereocenters. The number of nitrogens with zero attached hydrogens (tertiary/aromatic N) is 5. The van der Waals surface area contributed by atoms with Crippen molar-refractivity contribution in [3.05, 3.63) is 16.4 Å². The minimum absolute atomic E-state index is 0.651. The molecular weight excluding hydrogens is 302 g/mol. The summed E-state index contributed by atoms with van der Waals surface area (Å²) in [5.74, 6) is 1.72. The second-order valence-corrected chi connectivity index (χ2v) is 7.73. The summed E-state index contributed by atoms with van der Waals surface area (Å²) in [6, 6.07) is 0. The fraction of sp³-hybridized carbons (Fsp3) is 0.643. The van der Waals surface area contributed by atoms with Gasteiger partial charge in [0, 0.05) is 48.5 Å². The minimum atomic E-state index is 0.651. The molecule has 0 amide bonds. The number of piperazine rings is 1. The van der Waals surface area contributed by atoms with E-state index in [1.54, 1.807) is 22.9 Å². The zero-order chi connectivity index (χ0) is 14.4. The summed E-state index contributed by atoms with van der Waals surface area (Å²) in [7, 11) is 0. The highest BCUT2D eigenvalue weighted by atomic mass is 32.1. The maximum Gasteiger partial charge on any atom is 0.205 e. The van der Waals surface area contributed by atoms with E-state index in [0.717, 1.165) is 42.8 Å². The van der Waals surface area contributed by atoms with Crippen LogP contribution in [-0.2, 0) is 0 Å². The van der Waals surface area contributed by atoms with Crippen molar-refractivity contribution in [2.24, 2.45) is 0 Å². The molecule has 2 aromatic rings. The predicted octanol–water partition coefficient (Wildman–Crippen LogP) is 2.82. The lowest BCUT2D eigenvalue weighted by molar-refractivity contribution is 0.649. The molecule has 0 radical (unpaired) electrons. The second-order valence-electron chi connectivity index (χ2n) is 5.82. The smallest absolute Gasteiger partial charge is 0.205 e. The maximum absolute atomic E-state index is 4.71. The first kappa shape index (κ1) is 13.5. The molecule has 0 N–H and O–H groups in total. The van der Waals surface area contributed by atoms with Gasteiger partial charge >= 0.3 is 0 Å². The second kappa shape index (κ2) is 5.21. The Kier molecular flexibility index (Phi) is 3.34. The number of aromatic nitrogens is 3. The van der Waals surface area contributed by atoms with Crippen LogP contribution < -0.4 is 9.80 Å². The molecule has 2 aliphatic rings. The van der Waals surface area contributed by atoms with Crippen molar-refractivity contribution in [3.8, 4) is 0 Å². The fourth-order valence-corrected chi connectivity index (χ4v) is 4.30. The third kappa shape index (κ3) is 2.64. The third-order valence-corrected chi connectivity index (χ3v) is 6.14. The van der Waals surface area contributed by atoms with Crippen LogP contribution in [-0.4, -0.2) is 40.5 Å². The number of anilines is 2. The van der Waals surface area contributed by atoms with Crippen LogP contribution in [0.4, 0.5) is 10.3 Å². The summed E-state index contributed by atoms with van der Waals surface area (Å²) in [4.78, 5) is 15.5. The van der Waals surface area contributed by atoms with Crippen molar-refractivity contribution >= 4 is 33.1 Å². The van der Waals surface area contributed by atoms with Gasteiger partial charge < -0.3 is 9.80 Å². The van der Waals surface area contributed by atoms with Crippen LogP contribution in [0.5, 0.6) is 0 Å². The molecule has 0 spiro atoms. The monoisotopic (exact) mass is 321 g/mol. The van der Waals surface area contributed by atoms with Gasteiger partial charge in [-0.15, -0.1) is 11.3 Å². The van der Waals surface area contributed by atoms with Crippen LogP contribution in [0.15, 0.2) is 0 Å². The van der Waals surface area contributed by atoms with Crippen molar-refractivity contribution in [2.75, 3.05) is 36.0 Å². The first-order chi connectivity index (χ1) is 10.2. The van der Waals surface area contributed by atoms with Gasteiger partial charge in [0.15, 0.2) is 5.13 Å². The summed E-state index contributed by atoms with van der Waals surface area (Å²) < 4.78 is 4.51. The predicted molar refractivity (Wildman–Crippen MR) is 87.9 cm³/mol. The largest absolute Gasteiger partial charge is 0.345 e. The van der Waals surface area contributed by atoms with Crippen molar-refractivity contribution in [1.82, 2.24) is 14.3 Å². The molecule has 2 aromatic heterocycles. The Morgan fingerprint density at radius 1 is 0.952 bits per heavy atom. The lowest BCUT2D eigenvalue weighted by atomic mass is 10.3. The number of aryl methyl sites for hydroxylation is 2. The molecule has 1 aliphatic heterocycles. The number of hydrogen-bond donors (Lipinski definition) is 0. The van der Waals surface area contributed by atoms with E-state index in [1.807, 2.05) is 0 Å². The van der Waals surface area contributed by atoms with Gasteiger partial charge in [0.25, 0.3) is 0 Å². The summed E-state index contributed by atoms with van der Waals surface area (Å²) in [5.41, 5.74) is 1.16. The highest BCUT2D eigenvalue weighted by Gasteiger charge is 2.29. The molecule has 0 aromatic carbocycles. The summed E-state index contributed by atoms with van der Waals surface area (Å²) in [6.45, 7) is 8.29. The first-order valence-corrected chi connectivity index (χ1v) is 9.07. The third-order valence-electron chi connectivity index (χ3n) is 4.21. The van der Waals surface area contributed by atoms with Gasteiger partial charge in [0.05, 0.1) is 5.69 Å². The molecular formula is C14H19N5S2. The standard InChI is InChI=1S/C14H19N5S2/c1-9-10(2)20-13(15-9)18-5-7-19(8-6-18)14-16-12(17-21-14)11-3-4-11/h11H,3-8H2,1-2H3. The minimum Gasteiger partial charge on any atom is -0.345 e. The molecule has 5 nitrogen and oxygen atoms in total. The Bertz CT molecular complexity index is 618. The highest BCUT2D eigenvalue weighted by molar-refractivity contribution is 7.15. The zero-order valence-corrected chi connectivity index (χ0v) is 14.0. The molecule has 1 saturated carbocycles. The molecule has 2 fully saturated rings. The van der Waals surface area contributed by atoms with Crippen molar-refractivity contribution < 1.29 is 0 Å². The van der Waals surface area contributed by atoms with E-state index in [9.17, 15) is 0 Å². The average molecular weight is 321 g/mol. The number of thiazole rings is 1. The van der Waals surface area contributed by atoms with E-state index in [-0.39, 0.29) is 0 Å². The van der Waals surface area contributed by atoms with Crippen LogP contribution in [0.25, 0.3) is 0 Å². The maximum atomic E-state index is 4.71. The topological polar surface area (TPSA) is 45.2 Å². The van der Waals surface area contributed by atoms with E-state index in [4.69, 9.17) is 4.98 Å². The Morgan fingerprint density at radius 3 is 2.19 bits per heavy atom. The Balaban J connectivity index is 1.41. The van der Waals surface area contributed by atoms with E-state index in [0.29, 0.717) is 5.92 Å². The Labute approximate surface area is 132 Å². The van der Waals surface area contributed by atoms with Crippen LogP contribution in [0.2, 0.25) is 0 Å². The normalized spacial score (nSPS) is 19.3. The van der Waals surface area contributed by atoms with Crippen LogP contribution >= 0.6 is 22.9 Å². The summed E-state index contributed by atoms with van der Waals surface area (Å²) >= 11 is 3.37. The van der Waals surface area contributed by atoms with E-state index in [2.05, 4.69) is 33.0 Å². The molecule has 7 heteroatoms. The van der Waals surface area contributed by atoms with Crippen LogP contribution in [0.3, 0.4) is 0 Å². The lowest BCUT2D eigenvalue weighted by Crippen LogP contribution is -2.46. The molecule has 112 valence electrons. The Morgan fingerprint density at radius 2 is 1.62 bits per heavy atom. The van der Waals surface area contributed by atoms with Crippen molar-refractivity contribution in [3.63, 3.8) is 0 Å². The molecule has 1 saturated heterocycles.